The molecule has 1 aromatic carbocycles. The Balaban J connectivity index is 2.10. The van der Waals surface area contributed by atoms with E-state index in [-0.39, 0.29) is 0 Å². The summed E-state index contributed by atoms with van der Waals surface area (Å²) in [6, 6.07) is 8.34. The van der Waals surface area contributed by atoms with Gasteiger partial charge in [0, 0.05) is 17.8 Å². The fourth-order valence-electron chi connectivity index (χ4n) is 0.915. The fourth-order valence-corrected chi connectivity index (χ4v) is 0.915. The van der Waals surface area contributed by atoms with E-state index < -0.39 is 0 Å². The number of nitrogens with two attached hydrogens (primary N) is 1. The van der Waals surface area contributed by atoms with Crippen LogP contribution in [0.3, 0.4) is 0 Å². The molecule has 11 heavy (non-hydrogen) atoms. The summed E-state index contributed by atoms with van der Waals surface area (Å²) < 4.78 is 5.51. The molecule has 2 nitrogen and oxygen atoms in total. The first kappa shape index (κ1) is 6.53. The van der Waals surface area contributed by atoms with Crippen LogP contribution in [0.2, 0.25) is 0 Å². The molecule has 0 atom stereocenters. The summed E-state index contributed by atoms with van der Waals surface area (Å²) in [5.74, 6) is 0.865. The Morgan fingerprint density at radius 2 is 2.36 bits per heavy atom. The van der Waals surface area contributed by atoms with E-state index >= 15 is 0 Å². The average Bonchev–Trinajstić information content (AvgIpc) is 2.71. The monoisotopic (exact) mass is 148 g/mol. The quantitative estimate of drug-likeness (QED) is 0.647. The largest absolute Gasteiger partial charge is 0.490 e. The minimum Gasteiger partial charge on any atom is -0.490 e. The van der Waals surface area contributed by atoms with E-state index in [4.69, 9.17) is 10.5 Å². The van der Waals surface area contributed by atoms with Gasteiger partial charge in [-0.05, 0) is 25.0 Å². The molecule has 0 amide bonds. The third kappa shape index (κ3) is 1.64. The molecule has 1 saturated carbocycles. The topological polar surface area (TPSA) is 35.2 Å². The number of hydrogen-bond acceptors (Lipinski definition) is 2. The second-order valence-corrected chi connectivity index (χ2v) is 2.80. The highest BCUT2D eigenvalue weighted by molar-refractivity contribution is 5.42. The summed E-state index contributed by atoms with van der Waals surface area (Å²) in [7, 11) is 0. The van der Waals surface area contributed by atoms with E-state index in [0.717, 1.165) is 5.75 Å². The van der Waals surface area contributed by atoms with Crippen molar-refractivity contribution in [2.24, 2.45) is 0 Å². The maximum atomic E-state index is 5.52. The van der Waals surface area contributed by atoms with E-state index in [1.165, 1.54) is 12.8 Å². The van der Waals surface area contributed by atoms with Crippen LogP contribution in [0.15, 0.2) is 18.2 Å². The molecular formula is C9H10NO. The van der Waals surface area contributed by atoms with Crippen LogP contribution in [0, 0.1) is 6.07 Å². The lowest BCUT2D eigenvalue weighted by molar-refractivity contribution is 0.303. The molecule has 1 fully saturated rings. The van der Waals surface area contributed by atoms with Gasteiger partial charge >= 0.3 is 0 Å². The van der Waals surface area contributed by atoms with E-state index in [0.29, 0.717) is 11.8 Å². The van der Waals surface area contributed by atoms with Crippen LogP contribution < -0.4 is 10.5 Å². The van der Waals surface area contributed by atoms with Crippen molar-refractivity contribution in [2.45, 2.75) is 18.9 Å². The molecule has 0 heterocycles. The normalized spacial score (nSPS) is 16.4. The molecule has 2 rings (SSSR count). The smallest absolute Gasteiger partial charge is 0.121 e. The Kier molecular flexibility index (Phi) is 1.46. The van der Waals surface area contributed by atoms with Gasteiger partial charge in [0.1, 0.15) is 5.75 Å². The summed E-state index contributed by atoms with van der Waals surface area (Å²) in [6.45, 7) is 0. The standard InChI is InChI=1S/C9H10NO/c10-7-2-1-3-9(6-7)11-8-4-5-8/h1,3,6,8H,4-5,10H2. The molecule has 1 aromatic rings. The summed E-state index contributed by atoms with van der Waals surface area (Å²) in [4.78, 5) is 0. The zero-order valence-electron chi connectivity index (χ0n) is 6.21. The fraction of sp³-hybridized carbons (Fsp3) is 0.333. The first-order chi connectivity index (χ1) is 5.34. The summed E-state index contributed by atoms with van der Waals surface area (Å²) in [5.41, 5.74) is 6.16. The molecule has 57 valence electrons. The predicted molar refractivity (Wildman–Crippen MR) is 43.3 cm³/mol. The zero-order chi connectivity index (χ0) is 7.68. The van der Waals surface area contributed by atoms with E-state index in [1.807, 2.05) is 6.07 Å². The van der Waals surface area contributed by atoms with Crippen molar-refractivity contribution in [1.29, 1.82) is 0 Å². The molecule has 2 N–H and O–H groups in total. The van der Waals surface area contributed by atoms with Crippen molar-refractivity contribution < 1.29 is 4.74 Å². The minimum atomic E-state index is 0.441. The molecule has 0 bridgehead atoms. The van der Waals surface area contributed by atoms with Crippen LogP contribution in [0.4, 0.5) is 5.69 Å². The maximum Gasteiger partial charge on any atom is 0.121 e. The zero-order valence-corrected chi connectivity index (χ0v) is 6.21. The van der Waals surface area contributed by atoms with Gasteiger partial charge in [-0.1, -0.05) is 0 Å². The van der Waals surface area contributed by atoms with Crippen molar-refractivity contribution in [2.75, 3.05) is 5.73 Å². The van der Waals surface area contributed by atoms with Crippen molar-refractivity contribution >= 4 is 5.69 Å². The van der Waals surface area contributed by atoms with E-state index in [2.05, 4.69) is 6.07 Å². The second kappa shape index (κ2) is 2.46. The van der Waals surface area contributed by atoms with Crippen molar-refractivity contribution in [3.8, 4) is 5.75 Å². The van der Waals surface area contributed by atoms with Gasteiger partial charge in [0.05, 0.1) is 6.10 Å². The molecule has 0 saturated heterocycles. The number of nitrogen functional groups attached to an aromatic ring is 1. The van der Waals surface area contributed by atoms with Crippen molar-refractivity contribution in [1.82, 2.24) is 0 Å². The molecule has 0 aliphatic heterocycles. The highest BCUT2D eigenvalue weighted by Gasteiger charge is 2.23. The third-order valence-corrected chi connectivity index (χ3v) is 1.62. The van der Waals surface area contributed by atoms with Crippen LogP contribution in [0.1, 0.15) is 12.8 Å². The first-order valence-electron chi connectivity index (χ1n) is 3.78. The molecule has 2 heteroatoms. The van der Waals surface area contributed by atoms with Gasteiger partial charge in [0.2, 0.25) is 0 Å². The lowest BCUT2D eigenvalue weighted by atomic mass is 10.3. The van der Waals surface area contributed by atoms with Gasteiger partial charge < -0.3 is 10.5 Å². The molecule has 0 unspecified atom stereocenters. The first-order valence-corrected chi connectivity index (χ1v) is 3.78. The second-order valence-electron chi connectivity index (χ2n) is 2.80. The SMILES string of the molecule is Nc1[c]ccc(OC2CC2)c1. The number of rotatable bonds is 2. The van der Waals surface area contributed by atoms with Crippen LogP contribution in [0.5, 0.6) is 5.75 Å². The maximum absolute atomic E-state index is 5.52. The van der Waals surface area contributed by atoms with Crippen molar-refractivity contribution in [3.63, 3.8) is 0 Å². The Hall–Kier alpha value is -1.18. The highest BCUT2D eigenvalue weighted by atomic mass is 16.5. The predicted octanol–water partition coefficient (Wildman–Crippen LogP) is 1.61. The van der Waals surface area contributed by atoms with Crippen LogP contribution >= 0.6 is 0 Å². The number of anilines is 1. The average molecular weight is 148 g/mol. The third-order valence-electron chi connectivity index (χ3n) is 1.62. The van der Waals surface area contributed by atoms with Gasteiger partial charge in [-0.2, -0.15) is 0 Å². The van der Waals surface area contributed by atoms with Gasteiger partial charge in [-0.15, -0.1) is 0 Å². The van der Waals surface area contributed by atoms with Gasteiger partial charge in [-0.3, -0.25) is 0 Å². The molecule has 1 aliphatic carbocycles. The molecule has 0 aromatic heterocycles. The lowest BCUT2D eigenvalue weighted by Crippen LogP contribution is -1.96. The minimum absolute atomic E-state index is 0.441. The van der Waals surface area contributed by atoms with Crippen LogP contribution in [0.25, 0.3) is 0 Å². The summed E-state index contributed by atoms with van der Waals surface area (Å²) >= 11 is 0. The molecule has 1 aliphatic rings. The number of ether oxygens (including phenoxy) is 1. The summed E-state index contributed by atoms with van der Waals surface area (Å²) in [6.07, 6.45) is 2.80. The molecular weight excluding hydrogens is 138 g/mol. The number of benzene rings is 1. The Labute approximate surface area is 66.0 Å². The van der Waals surface area contributed by atoms with Gasteiger partial charge in [-0.25, -0.2) is 0 Å². The Bertz CT molecular complexity index is 255. The summed E-state index contributed by atoms with van der Waals surface area (Å²) in [5, 5.41) is 0. The Morgan fingerprint density at radius 3 is 3.00 bits per heavy atom. The molecule has 0 spiro atoms. The van der Waals surface area contributed by atoms with Crippen molar-refractivity contribution in [3.05, 3.63) is 24.3 Å². The molecule has 1 radical (unpaired) electrons. The number of hydrogen-bond donors (Lipinski definition) is 1. The lowest BCUT2D eigenvalue weighted by Gasteiger charge is -2.03. The van der Waals surface area contributed by atoms with E-state index in [9.17, 15) is 0 Å². The Morgan fingerprint density at radius 1 is 1.55 bits per heavy atom. The van der Waals surface area contributed by atoms with E-state index in [1.54, 1.807) is 12.1 Å². The van der Waals surface area contributed by atoms with Gasteiger partial charge in [0.15, 0.2) is 0 Å². The highest BCUT2D eigenvalue weighted by Crippen LogP contribution is 2.27. The van der Waals surface area contributed by atoms with Crippen LogP contribution in [-0.4, -0.2) is 6.10 Å². The van der Waals surface area contributed by atoms with Gasteiger partial charge in [0.25, 0.3) is 0 Å². The van der Waals surface area contributed by atoms with Crippen LogP contribution in [-0.2, 0) is 0 Å².